The molecule has 6 heteroatoms. The number of carbonyl (C=O) groups is 2. The van der Waals surface area contributed by atoms with Crippen LogP contribution in [0, 0.1) is 0 Å². The standard InChI is InChI=1S/C27H36N2O4/c1-4-5-6-7-8-9-10-11-12-26(31)33-25-19-28-27(29-20-25)24-17-15-23(16-18-24)14-13-21(2)32-22(3)30/h10-11,15-21H,4-9,12-14H2,1-3H3. The number of rotatable bonds is 14. The third-order valence-corrected chi connectivity index (χ3v) is 5.20. The zero-order valence-corrected chi connectivity index (χ0v) is 20.1. The van der Waals surface area contributed by atoms with Crippen LogP contribution in [0.1, 0.15) is 77.7 Å². The fourth-order valence-corrected chi connectivity index (χ4v) is 3.39. The van der Waals surface area contributed by atoms with E-state index in [-0.39, 0.29) is 24.5 Å². The number of carbonyl (C=O) groups excluding carboxylic acids is 2. The average Bonchev–Trinajstić information content (AvgIpc) is 2.80. The molecule has 0 aliphatic heterocycles. The van der Waals surface area contributed by atoms with Gasteiger partial charge in [-0.05, 0) is 38.2 Å². The fourth-order valence-electron chi connectivity index (χ4n) is 3.39. The van der Waals surface area contributed by atoms with Crippen molar-refractivity contribution < 1.29 is 19.1 Å². The summed E-state index contributed by atoms with van der Waals surface area (Å²) in [5.41, 5.74) is 2.03. The second-order valence-electron chi connectivity index (χ2n) is 8.25. The number of benzene rings is 1. The predicted molar refractivity (Wildman–Crippen MR) is 130 cm³/mol. The fraction of sp³-hybridized carbons (Fsp3) is 0.481. The predicted octanol–water partition coefficient (Wildman–Crippen LogP) is 6.24. The van der Waals surface area contributed by atoms with E-state index in [1.54, 1.807) is 0 Å². The van der Waals surface area contributed by atoms with Crippen LogP contribution in [-0.4, -0.2) is 28.0 Å². The first-order chi connectivity index (χ1) is 16.0. The molecule has 1 atom stereocenters. The average molecular weight is 453 g/mol. The Kier molecular flexibility index (Phi) is 11.9. The number of aryl methyl sites for hydroxylation is 1. The minimum Gasteiger partial charge on any atom is -0.463 e. The maximum Gasteiger partial charge on any atom is 0.315 e. The summed E-state index contributed by atoms with van der Waals surface area (Å²) in [7, 11) is 0. The van der Waals surface area contributed by atoms with Crippen LogP contribution in [0.2, 0.25) is 0 Å². The quantitative estimate of drug-likeness (QED) is 0.192. The van der Waals surface area contributed by atoms with Crippen LogP contribution >= 0.6 is 0 Å². The molecular formula is C27H36N2O4. The van der Waals surface area contributed by atoms with E-state index in [1.165, 1.54) is 45.0 Å². The Hall–Kier alpha value is -3.02. The molecule has 0 spiro atoms. The smallest absolute Gasteiger partial charge is 0.315 e. The largest absolute Gasteiger partial charge is 0.463 e. The number of unbranched alkanes of at least 4 members (excludes halogenated alkanes) is 5. The molecule has 0 bridgehead atoms. The highest BCUT2D eigenvalue weighted by Crippen LogP contribution is 2.19. The van der Waals surface area contributed by atoms with Crippen molar-refractivity contribution in [1.82, 2.24) is 9.97 Å². The Morgan fingerprint density at radius 3 is 2.36 bits per heavy atom. The van der Waals surface area contributed by atoms with Gasteiger partial charge in [-0.1, -0.05) is 69.0 Å². The number of hydrogen-bond donors (Lipinski definition) is 0. The van der Waals surface area contributed by atoms with Gasteiger partial charge in [-0.2, -0.15) is 0 Å². The molecule has 0 radical (unpaired) electrons. The van der Waals surface area contributed by atoms with Crippen molar-refractivity contribution in [2.24, 2.45) is 0 Å². The molecule has 2 rings (SSSR count). The van der Waals surface area contributed by atoms with Crippen LogP contribution in [0.25, 0.3) is 11.4 Å². The molecule has 33 heavy (non-hydrogen) atoms. The zero-order chi connectivity index (χ0) is 23.9. The summed E-state index contributed by atoms with van der Waals surface area (Å²) in [5.74, 6) is 0.333. The number of hydrogen-bond acceptors (Lipinski definition) is 6. The van der Waals surface area contributed by atoms with E-state index in [0.29, 0.717) is 11.6 Å². The molecule has 1 heterocycles. The minimum absolute atomic E-state index is 0.105. The molecule has 0 aliphatic carbocycles. The third kappa shape index (κ3) is 10.9. The van der Waals surface area contributed by atoms with Gasteiger partial charge in [0.2, 0.25) is 0 Å². The Bertz CT molecular complexity index is 876. The zero-order valence-electron chi connectivity index (χ0n) is 20.1. The summed E-state index contributed by atoms with van der Waals surface area (Å²) in [6.45, 7) is 5.52. The SMILES string of the molecule is CCCCCCCC=CCC(=O)Oc1cnc(-c2ccc(CCC(C)OC(C)=O)cc2)nc1. The minimum atomic E-state index is -0.319. The number of nitrogens with zero attached hydrogens (tertiary/aromatic N) is 2. The van der Waals surface area contributed by atoms with Gasteiger partial charge in [-0.15, -0.1) is 0 Å². The van der Waals surface area contributed by atoms with Gasteiger partial charge >= 0.3 is 11.9 Å². The summed E-state index contributed by atoms with van der Waals surface area (Å²) < 4.78 is 10.5. The van der Waals surface area contributed by atoms with Crippen LogP contribution < -0.4 is 4.74 Å². The summed E-state index contributed by atoms with van der Waals surface area (Å²) in [5, 5.41) is 0. The molecule has 0 amide bonds. The lowest BCUT2D eigenvalue weighted by Gasteiger charge is -2.11. The molecule has 2 aromatic rings. The number of allylic oxidation sites excluding steroid dienone is 1. The molecule has 1 unspecified atom stereocenters. The van der Waals surface area contributed by atoms with Crippen LogP contribution in [0.15, 0.2) is 48.8 Å². The van der Waals surface area contributed by atoms with Gasteiger partial charge in [-0.3, -0.25) is 9.59 Å². The van der Waals surface area contributed by atoms with E-state index >= 15 is 0 Å². The van der Waals surface area contributed by atoms with E-state index in [2.05, 4.69) is 16.9 Å². The second kappa shape index (κ2) is 14.9. The lowest BCUT2D eigenvalue weighted by Crippen LogP contribution is -2.12. The van der Waals surface area contributed by atoms with Crippen molar-refractivity contribution in [3.63, 3.8) is 0 Å². The van der Waals surface area contributed by atoms with Crippen molar-refractivity contribution in [3.05, 3.63) is 54.4 Å². The maximum absolute atomic E-state index is 12.0. The maximum atomic E-state index is 12.0. The molecule has 0 fully saturated rings. The molecule has 0 saturated carbocycles. The normalized spacial score (nSPS) is 12.0. The van der Waals surface area contributed by atoms with Crippen molar-refractivity contribution in [2.75, 3.05) is 0 Å². The Balaban J connectivity index is 1.75. The summed E-state index contributed by atoms with van der Waals surface area (Å²) in [6, 6.07) is 7.95. The number of aromatic nitrogens is 2. The van der Waals surface area contributed by atoms with Gasteiger partial charge in [0.05, 0.1) is 24.9 Å². The van der Waals surface area contributed by atoms with Gasteiger partial charge in [0.15, 0.2) is 11.6 Å². The Morgan fingerprint density at radius 2 is 1.70 bits per heavy atom. The molecule has 1 aromatic heterocycles. The first-order valence-corrected chi connectivity index (χ1v) is 11.9. The Labute approximate surface area is 197 Å². The van der Waals surface area contributed by atoms with Gasteiger partial charge in [0, 0.05) is 12.5 Å². The van der Waals surface area contributed by atoms with Gasteiger partial charge in [-0.25, -0.2) is 9.97 Å². The Morgan fingerprint density at radius 1 is 1.00 bits per heavy atom. The van der Waals surface area contributed by atoms with Gasteiger partial charge in [0.25, 0.3) is 0 Å². The van der Waals surface area contributed by atoms with Crippen molar-refractivity contribution in [2.45, 2.75) is 84.7 Å². The van der Waals surface area contributed by atoms with Crippen LogP contribution in [-0.2, 0) is 20.7 Å². The molecule has 0 aliphatic rings. The lowest BCUT2D eigenvalue weighted by atomic mass is 10.1. The van der Waals surface area contributed by atoms with E-state index in [0.717, 1.165) is 36.8 Å². The first kappa shape index (κ1) is 26.2. The van der Waals surface area contributed by atoms with Crippen LogP contribution in [0.4, 0.5) is 0 Å². The van der Waals surface area contributed by atoms with E-state index in [1.807, 2.05) is 43.3 Å². The molecule has 0 N–H and O–H groups in total. The molecule has 0 saturated heterocycles. The van der Waals surface area contributed by atoms with Crippen LogP contribution in [0.3, 0.4) is 0 Å². The van der Waals surface area contributed by atoms with E-state index in [4.69, 9.17) is 9.47 Å². The molecule has 178 valence electrons. The van der Waals surface area contributed by atoms with E-state index < -0.39 is 0 Å². The molecular weight excluding hydrogens is 416 g/mol. The van der Waals surface area contributed by atoms with Crippen molar-refractivity contribution >= 4 is 11.9 Å². The second-order valence-corrected chi connectivity index (χ2v) is 8.25. The topological polar surface area (TPSA) is 78.4 Å². The highest BCUT2D eigenvalue weighted by molar-refractivity contribution is 5.73. The van der Waals surface area contributed by atoms with Crippen molar-refractivity contribution in [3.8, 4) is 17.1 Å². The van der Waals surface area contributed by atoms with Gasteiger partial charge < -0.3 is 9.47 Å². The molecule has 1 aromatic carbocycles. The summed E-state index contributed by atoms with van der Waals surface area (Å²) >= 11 is 0. The number of ether oxygens (including phenoxy) is 2. The highest BCUT2D eigenvalue weighted by Gasteiger charge is 2.08. The first-order valence-electron chi connectivity index (χ1n) is 11.9. The summed E-state index contributed by atoms with van der Waals surface area (Å²) in [4.78, 5) is 31.6. The van der Waals surface area contributed by atoms with Crippen molar-refractivity contribution in [1.29, 1.82) is 0 Å². The van der Waals surface area contributed by atoms with Gasteiger partial charge in [0.1, 0.15) is 0 Å². The third-order valence-electron chi connectivity index (χ3n) is 5.20. The number of esters is 2. The lowest BCUT2D eigenvalue weighted by molar-refractivity contribution is -0.145. The highest BCUT2D eigenvalue weighted by atomic mass is 16.5. The van der Waals surface area contributed by atoms with E-state index in [9.17, 15) is 9.59 Å². The monoisotopic (exact) mass is 452 g/mol. The molecule has 6 nitrogen and oxygen atoms in total. The summed E-state index contributed by atoms with van der Waals surface area (Å²) in [6.07, 6.45) is 15.9. The van der Waals surface area contributed by atoms with Crippen LogP contribution in [0.5, 0.6) is 5.75 Å².